The number of hydrogen-bond donors (Lipinski definition) is 1. The number of likely N-dealkylation sites (tertiary alicyclic amines) is 1. The quantitative estimate of drug-likeness (QED) is 0.432. The molecule has 182 valence electrons. The van der Waals surface area contributed by atoms with Crippen LogP contribution in [0.2, 0.25) is 0 Å². The predicted molar refractivity (Wildman–Crippen MR) is 141 cm³/mol. The van der Waals surface area contributed by atoms with Gasteiger partial charge in [0.05, 0.1) is 21.7 Å². The van der Waals surface area contributed by atoms with E-state index in [9.17, 15) is 9.59 Å². The molecule has 0 amide bonds. The first kappa shape index (κ1) is 22.5. The van der Waals surface area contributed by atoms with E-state index in [1.54, 1.807) is 3.96 Å². The summed E-state index contributed by atoms with van der Waals surface area (Å²) in [6.07, 6.45) is 6.52. The van der Waals surface area contributed by atoms with Gasteiger partial charge in [0.25, 0.3) is 11.1 Å². The second-order valence-electron chi connectivity index (χ2n) is 9.85. The Morgan fingerprint density at radius 1 is 1.09 bits per heavy atom. The molecule has 2 aromatic heterocycles. The number of benzene rings is 2. The summed E-state index contributed by atoms with van der Waals surface area (Å²) < 4.78 is 9.07. The maximum atomic E-state index is 13.3. The van der Waals surface area contributed by atoms with Crippen molar-refractivity contribution in [2.45, 2.75) is 64.6 Å². The highest BCUT2D eigenvalue weighted by atomic mass is 32.1. The number of aromatic nitrogens is 3. The third-order valence-corrected chi connectivity index (χ3v) is 8.35. The van der Waals surface area contributed by atoms with Crippen molar-refractivity contribution in [3.8, 4) is 17.0 Å². The number of ether oxygens (including phenoxy) is 1. The smallest absolute Gasteiger partial charge is 0.275 e. The number of nitrogens with one attached hydrogen (secondary N) is 1. The number of aryl methyl sites for hydroxylation is 1. The van der Waals surface area contributed by atoms with E-state index in [4.69, 9.17) is 9.72 Å². The molecule has 4 heterocycles. The molecule has 6 rings (SSSR count). The molecule has 1 fully saturated rings. The minimum absolute atomic E-state index is 0.00194. The number of rotatable bonds is 2. The molecule has 0 aliphatic carbocycles. The van der Waals surface area contributed by atoms with E-state index in [2.05, 4.69) is 22.9 Å². The maximum absolute atomic E-state index is 13.3. The highest BCUT2D eigenvalue weighted by molar-refractivity contribution is 7.14. The Bertz CT molecular complexity index is 1510. The van der Waals surface area contributed by atoms with Crippen molar-refractivity contribution in [2.75, 3.05) is 13.1 Å². The van der Waals surface area contributed by atoms with Gasteiger partial charge in [0.1, 0.15) is 17.0 Å². The van der Waals surface area contributed by atoms with Crippen LogP contribution in [0.4, 0.5) is 0 Å². The van der Waals surface area contributed by atoms with Crippen LogP contribution in [-0.4, -0.2) is 38.0 Å². The summed E-state index contributed by atoms with van der Waals surface area (Å²) in [6.45, 7) is 5.79. The number of hydrogen-bond acceptors (Lipinski definition) is 6. The van der Waals surface area contributed by atoms with Crippen molar-refractivity contribution in [3.63, 3.8) is 0 Å². The summed E-state index contributed by atoms with van der Waals surface area (Å²) in [6, 6.07) is 9.69. The third-order valence-electron chi connectivity index (χ3n) is 7.16. The molecular weight excluding hydrogens is 460 g/mol. The van der Waals surface area contributed by atoms with Crippen molar-refractivity contribution in [1.29, 1.82) is 0 Å². The molecule has 4 aromatic rings. The first-order valence-electron chi connectivity index (χ1n) is 12.7. The van der Waals surface area contributed by atoms with Gasteiger partial charge < -0.3 is 9.72 Å². The number of aromatic amines is 1. The molecule has 1 N–H and O–H groups in total. The lowest BCUT2D eigenvalue weighted by molar-refractivity contribution is 0.206. The van der Waals surface area contributed by atoms with Crippen LogP contribution in [-0.2, 0) is 13.1 Å². The Labute approximate surface area is 207 Å². The van der Waals surface area contributed by atoms with Crippen LogP contribution >= 0.6 is 11.5 Å². The third kappa shape index (κ3) is 4.29. The summed E-state index contributed by atoms with van der Waals surface area (Å²) in [5.74, 6) is 0.717. The van der Waals surface area contributed by atoms with Crippen LogP contribution in [0.5, 0.6) is 5.75 Å². The van der Waals surface area contributed by atoms with Gasteiger partial charge in [0.2, 0.25) is 0 Å². The number of H-pyrrole nitrogens is 1. The molecule has 2 aromatic carbocycles. The normalized spacial score (nSPS) is 19.3. The fourth-order valence-corrected chi connectivity index (χ4v) is 6.48. The molecule has 35 heavy (non-hydrogen) atoms. The van der Waals surface area contributed by atoms with Crippen LogP contribution in [0.1, 0.15) is 51.0 Å². The number of piperidine rings is 1. The van der Waals surface area contributed by atoms with Gasteiger partial charge in [0, 0.05) is 18.7 Å². The van der Waals surface area contributed by atoms with Crippen LogP contribution in [0.25, 0.3) is 32.4 Å². The Hall–Kier alpha value is -2.97. The van der Waals surface area contributed by atoms with E-state index < -0.39 is 0 Å². The highest BCUT2D eigenvalue weighted by Crippen LogP contribution is 2.32. The summed E-state index contributed by atoms with van der Waals surface area (Å²) in [5.41, 5.74) is 3.26. The van der Waals surface area contributed by atoms with Crippen molar-refractivity contribution in [3.05, 3.63) is 56.6 Å². The van der Waals surface area contributed by atoms with Crippen molar-refractivity contribution >= 4 is 32.7 Å². The first-order chi connectivity index (χ1) is 17.1. The second-order valence-corrected chi connectivity index (χ2v) is 10.9. The first-order valence-corrected chi connectivity index (χ1v) is 13.4. The molecule has 0 spiro atoms. The van der Waals surface area contributed by atoms with E-state index in [0.717, 1.165) is 54.9 Å². The van der Waals surface area contributed by atoms with Crippen molar-refractivity contribution < 1.29 is 4.74 Å². The van der Waals surface area contributed by atoms with E-state index in [0.29, 0.717) is 34.2 Å². The zero-order chi connectivity index (χ0) is 23.9. The van der Waals surface area contributed by atoms with Gasteiger partial charge >= 0.3 is 0 Å². The Balaban J connectivity index is 1.54. The van der Waals surface area contributed by atoms with E-state index in [-0.39, 0.29) is 17.2 Å². The number of fused-ring (bicyclic) bond motifs is 3. The Kier molecular flexibility index (Phi) is 5.94. The van der Waals surface area contributed by atoms with Gasteiger partial charge in [-0.1, -0.05) is 30.1 Å². The fraction of sp³-hybridized carbons (Fsp3) is 0.444. The summed E-state index contributed by atoms with van der Waals surface area (Å²) in [5, 5.41) is 0.644. The van der Waals surface area contributed by atoms with Crippen LogP contribution in [0, 0.1) is 0 Å². The number of nitrogens with zero attached hydrogens (tertiary/aromatic N) is 3. The van der Waals surface area contributed by atoms with Gasteiger partial charge in [-0.25, -0.2) is 4.98 Å². The maximum Gasteiger partial charge on any atom is 0.275 e. The molecule has 1 saturated heterocycles. The van der Waals surface area contributed by atoms with Crippen LogP contribution in [0.15, 0.2) is 39.9 Å². The van der Waals surface area contributed by atoms with Crippen LogP contribution < -0.4 is 15.9 Å². The second kappa shape index (κ2) is 9.24. The van der Waals surface area contributed by atoms with Crippen molar-refractivity contribution in [1.82, 2.24) is 18.8 Å². The molecule has 7 nitrogen and oxygen atoms in total. The lowest BCUT2D eigenvalue weighted by Gasteiger charge is -2.27. The summed E-state index contributed by atoms with van der Waals surface area (Å²) in [4.78, 5) is 36.7. The van der Waals surface area contributed by atoms with E-state index >= 15 is 0 Å². The predicted octanol–water partition coefficient (Wildman–Crippen LogP) is 4.90. The zero-order valence-electron chi connectivity index (χ0n) is 20.0. The summed E-state index contributed by atoms with van der Waals surface area (Å²) >= 11 is 1.43. The van der Waals surface area contributed by atoms with Gasteiger partial charge in [-0.3, -0.25) is 18.4 Å². The Morgan fingerprint density at radius 3 is 2.77 bits per heavy atom. The van der Waals surface area contributed by atoms with E-state index in [1.165, 1.54) is 30.8 Å². The van der Waals surface area contributed by atoms with Crippen molar-refractivity contribution in [2.24, 2.45) is 0 Å². The molecule has 2 aliphatic heterocycles. The largest absolute Gasteiger partial charge is 0.488 e. The van der Waals surface area contributed by atoms with Gasteiger partial charge in [-0.2, -0.15) is 0 Å². The molecular formula is C27H30N4O3S. The lowest BCUT2D eigenvalue weighted by Crippen LogP contribution is -2.29. The average molecular weight is 491 g/mol. The standard InChI is InChI=1S/C27H30N4O3S/c1-17-8-3-6-13-31-27(33)20-10-7-9-19(25(20)35-31)23-26(32)28-21-14-18(15-22(34-17)24(21)29-23)16-30-11-4-2-5-12-30/h7,9-10,14-15,17H,2-6,8,11-13,16H2,1H3,(H,28,32)/t17-/m0/s1. The summed E-state index contributed by atoms with van der Waals surface area (Å²) in [7, 11) is 0. The molecule has 0 saturated carbocycles. The minimum atomic E-state index is -0.251. The highest BCUT2D eigenvalue weighted by Gasteiger charge is 2.20. The molecule has 0 radical (unpaired) electrons. The zero-order valence-corrected chi connectivity index (χ0v) is 20.8. The molecule has 8 heteroatoms. The lowest BCUT2D eigenvalue weighted by atomic mass is 10.1. The SMILES string of the molecule is C[C@H]1CCCCn2sc3c(cccc3c2=O)-c2nc3c(cc(CN4CCCCC4)cc3[nH]c2=O)O1. The fourth-order valence-electron chi connectivity index (χ4n) is 5.35. The average Bonchev–Trinajstić information content (AvgIpc) is 3.17. The van der Waals surface area contributed by atoms with Gasteiger partial charge in [0.15, 0.2) is 0 Å². The Morgan fingerprint density at radius 2 is 1.91 bits per heavy atom. The van der Waals surface area contributed by atoms with Gasteiger partial charge in [-0.05, 0) is 75.9 Å². The van der Waals surface area contributed by atoms with Crippen LogP contribution in [0.3, 0.4) is 0 Å². The van der Waals surface area contributed by atoms with E-state index in [1.807, 2.05) is 24.3 Å². The molecule has 1 atom stereocenters. The minimum Gasteiger partial charge on any atom is -0.488 e. The topological polar surface area (TPSA) is 80.2 Å². The van der Waals surface area contributed by atoms with Gasteiger partial charge in [-0.15, -0.1) is 0 Å². The molecule has 0 unspecified atom stereocenters. The monoisotopic (exact) mass is 490 g/mol. The molecule has 2 aliphatic rings. The molecule has 4 bridgehead atoms.